The maximum Gasteiger partial charge on any atom is 0.318 e. The number of hydrogen-bond acceptors (Lipinski definition) is 4. The zero-order valence-corrected chi connectivity index (χ0v) is 17.3. The molecule has 1 heterocycles. The molecule has 1 fully saturated rings. The van der Waals surface area contributed by atoms with Crippen LogP contribution in [0.4, 0.5) is 4.79 Å². The van der Waals surface area contributed by atoms with E-state index in [4.69, 9.17) is 9.47 Å². The van der Waals surface area contributed by atoms with Gasteiger partial charge in [-0.3, -0.25) is 4.79 Å². The highest BCUT2D eigenvalue weighted by Gasteiger charge is 2.40. The molecule has 1 aliphatic heterocycles. The van der Waals surface area contributed by atoms with Gasteiger partial charge >= 0.3 is 6.03 Å². The van der Waals surface area contributed by atoms with E-state index in [1.807, 2.05) is 60.7 Å². The topological polar surface area (TPSA) is 79.9 Å². The maximum absolute atomic E-state index is 12.8. The molecule has 2 atom stereocenters. The Morgan fingerprint density at radius 3 is 2.40 bits per heavy atom. The van der Waals surface area contributed by atoms with Gasteiger partial charge in [-0.05, 0) is 24.1 Å². The molecule has 160 valence electrons. The zero-order chi connectivity index (χ0) is 21.2. The van der Waals surface area contributed by atoms with Crippen LogP contribution in [0.5, 0.6) is 5.75 Å². The number of hydrogen-bond donors (Lipinski definition) is 2. The van der Waals surface area contributed by atoms with Gasteiger partial charge in [-0.15, -0.1) is 0 Å². The molecule has 0 aromatic heterocycles. The van der Waals surface area contributed by atoms with Crippen molar-refractivity contribution in [2.45, 2.75) is 25.0 Å². The summed E-state index contributed by atoms with van der Waals surface area (Å²) < 4.78 is 11.0. The van der Waals surface area contributed by atoms with Crippen molar-refractivity contribution in [3.05, 3.63) is 66.2 Å². The monoisotopic (exact) mass is 411 g/mol. The molecule has 0 saturated carbocycles. The van der Waals surface area contributed by atoms with Crippen LogP contribution in [0.15, 0.2) is 60.7 Å². The van der Waals surface area contributed by atoms with Crippen molar-refractivity contribution >= 4 is 11.9 Å². The molecule has 7 heteroatoms. The van der Waals surface area contributed by atoms with E-state index in [9.17, 15) is 9.59 Å². The number of para-hydroxylation sites is 1. The van der Waals surface area contributed by atoms with Crippen LogP contribution >= 0.6 is 0 Å². The summed E-state index contributed by atoms with van der Waals surface area (Å²) in [5.41, 5.74) is 1.15. The molecule has 1 aliphatic rings. The number of likely N-dealkylation sites (tertiary alicyclic amines) is 1. The summed E-state index contributed by atoms with van der Waals surface area (Å²) in [6, 6.07) is 18.6. The van der Waals surface area contributed by atoms with E-state index < -0.39 is 6.04 Å². The number of nitrogens with one attached hydrogen (secondary N) is 2. The van der Waals surface area contributed by atoms with Gasteiger partial charge in [-0.1, -0.05) is 48.5 Å². The highest BCUT2D eigenvalue weighted by atomic mass is 16.5. The number of ether oxygens (including phenoxy) is 2. The van der Waals surface area contributed by atoms with E-state index in [2.05, 4.69) is 10.6 Å². The summed E-state index contributed by atoms with van der Waals surface area (Å²) in [5, 5.41) is 5.77. The normalized spacial score (nSPS) is 18.1. The lowest BCUT2D eigenvalue weighted by atomic mass is 10.1. The van der Waals surface area contributed by atoms with Gasteiger partial charge < -0.3 is 25.0 Å². The second kappa shape index (κ2) is 11.2. The Morgan fingerprint density at radius 1 is 1.00 bits per heavy atom. The summed E-state index contributed by atoms with van der Waals surface area (Å²) in [4.78, 5) is 27.1. The van der Waals surface area contributed by atoms with Gasteiger partial charge in [0.05, 0.1) is 13.2 Å². The molecular weight excluding hydrogens is 382 g/mol. The first-order valence-corrected chi connectivity index (χ1v) is 10.2. The van der Waals surface area contributed by atoms with Crippen LogP contribution in [0, 0.1) is 0 Å². The standard InChI is InChI=1S/C23H29N3O4/c1-29-15-14-24-22(27)21-16-20(30-19-10-6-3-7-11-19)17-26(21)23(28)25-13-12-18-8-4-2-5-9-18/h2-11,20-21H,12-17H2,1H3,(H,24,27)(H,25,28)/t20-,21+/m0/s1. The fourth-order valence-electron chi connectivity index (χ4n) is 3.50. The van der Waals surface area contributed by atoms with Gasteiger partial charge in [0.25, 0.3) is 0 Å². The lowest BCUT2D eigenvalue weighted by Gasteiger charge is -2.24. The van der Waals surface area contributed by atoms with Crippen molar-refractivity contribution in [3.8, 4) is 5.75 Å². The second-order valence-corrected chi connectivity index (χ2v) is 7.21. The quantitative estimate of drug-likeness (QED) is 0.620. The van der Waals surface area contributed by atoms with Gasteiger partial charge in [-0.2, -0.15) is 0 Å². The summed E-state index contributed by atoms with van der Waals surface area (Å²) in [7, 11) is 1.58. The molecule has 3 amide bonds. The molecule has 2 N–H and O–H groups in total. The molecular formula is C23H29N3O4. The first-order valence-electron chi connectivity index (χ1n) is 10.2. The molecule has 0 spiro atoms. The van der Waals surface area contributed by atoms with Crippen LogP contribution in [-0.4, -0.2) is 62.3 Å². The molecule has 0 unspecified atom stereocenters. The van der Waals surface area contributed by atoms with Gasteiger partial charge in [0, 0.05) is 26.6 Å². The van der Waals surface area contributed by atoms with Gasteiger partial charge in [-0.25, -0.2) is 4.79 Å². The third-order valence-corrected chi connectivity index (χ3v) is 5.01. The zero-order valence-electron chi connectivity index (χ0n) is 17.3. The minimum absolute atomic E-state index is 0.190. The Labute approximate surface area is 177 Å². The molecule has 1 saturated heterocycles. The van der Waals surface area contributed by atoms with Crippen LogP contribution < -0.4 is 15.4 Å². The van der Waals surface area contributed by atoms with Gasteiger partial charge in [0.1, 0.15) is 17.9 Å². The lowest BCUT2D eigenvalue weighted by molar-refractivity contribution is -0.124. The van der Waals surface area contributed by atoms with Crippen LogP contribution in [-0.2, 0) is 16.0 Å². The Balaban J connectivity index is 1.59. The van der Waals surface area contributed by atoms with E-state index in [1.165, 1.54) is 0 Å². The van der Waals surface area contributed by atoms with Crippen LogP contribution in [0.25, 0.3) is 0 Å². The van der Waals surface area contributed by atoms with E-state index in [0.29, 0.717) is 32.7 Å². The van der Waals surface area contributed by atoms with Crippen molar-refractivity contribution < 1.29 is 19.1 Å². The third-order valence-electron chi connectivity index (χ3n) is 5.01. The molecule has 2 aromatic carbocycles. The Bertz CT molecular complexity index is 801. The van der Waals surface area contributed by atoms with Gasteiger partial charge in [0.2, 0.25) is 5.91 Å². The smallest absolute Gasteiger partial charge is 0.318 e. The molecule has 2 aromatic rings. The number of urea groups is 1. The summed E-state index contributed by atoms with van der Waals surface area (Å²) in [5.74, 6) is 0.539. The van der Waals surface area contributed by atoms with E-state index in [-0.39, 0.29) is 18.0 Å². The van der Waals surface area contributed by atoms with Crippen molar-refractivity contribution in [2.24, 2.45) is 0 Å². The predicted molar refractivity (Wildman–Crippen MR) is 114 cm³/mol. The van der Waals surface area contributed by atoms with Crippen LogP contribution in [0.1, 0.15) is 12.0 Å². The number of amides is 3. The van der Waals surface area contributed by atoms with Crippen LogP contribution in [0.2, 0.25) is 0 Å². The molecule has 0 aliphatic carbocycles. The van der Waals surface area contributed by atoms with E-state index in [1.54, 1.807) is 12.0 Å². The fourth-order valence-corrected chi connectivity index (χ4v) is 3.50. The first kappa shape index (κ1) is 21.6. The van der Waals surface area contributed by atoms with Crippen molar-refractivity contribution in [2.75, 3.05) is 33.4 Å². The number of carbonyl (C=O) groups is 2. The minimum Gasteiger partial charge on any atom is -0.488 e. The fraction of sp³-hybridized carbons (Fsp3) is 0.391. The van der Waals surface area contributed by atoms with E-state index >= 15 is 0 Å². The number of methoxy groups -OCH3 is 1. The van der Waals surface area contributed by atoms with Gasteiger partial charge in [0.15, 0.2) is 0 Å². The van der Waals surface area contributed by atoms with Crippen molar-refractivity contribution in [1.82, 2.24) is 15.5 Å². The van der Waals surface area contributed by atoms with Crippen molar-refractivity contribution in [3.63, 3.8) is 0 Å². The predicted octanol–water partition coefficient (Wildman–Crippen LogP) is 2.22. The van der Waals surface area contributed by atoms with Crippen molar-refractivity contribution in [1.29, 1.82) is 0 Å². The largest absolute Gasteiger partial charge is 0.488 e. The first-order chi connectivity index (χ1) is 14.7. The van der Waals surface area contributed by atoms with Crippen LogP contribution in [0.3, 0.4) is 0 Å². The molecule has 0 radical (unpaired) electrons. The second-order valence-electron chi connectivity index (χ2n) is 7.21. The number of nitrogens with zero attached hydrogens (tertiary/aromatic N) is 1. The SMILES string of the molecule is COCCNC(=O)[C@H]1C[C@H](Oc2ccccc2)CN1C(=O)NCCc1ccccc1. The minimum atomic E-state index is -0.577. The number of carbonyl (C=O) groups excluding carboxylic acids is 2. The number of rotatable bonds is 9. The Kier molecular flexibility index (Phi) is 8.09. The Morgan fingerprint density at radius 2 is 1.70 bits per heavy atom. The maximum atomic E-state index is 12.8. The average Bonchev–Trinajstić information content (AvgIpc) is 3.19. The molecule has 30 heavy (non-hydrogen) atoms. The lowest BCUT2D eigenvalue weighted by Crippen LogP contribution is -2.50. The highest BCUT2D eigenvalue weighted by molar-refractivity contribution is 5.87. The Hall–Kier alpha value is -3.06. The summed E-state index contributed by atoms with van der Waals surface area (Å²) >= 11 is 0. The summed E-state index contributed by atoms with van der Waals surface area (Å²) in [6.45, 7) is 1.68. The average molecular weight is 412 g/mol. The summed E-state index contributed by atoms with van der Waals surface area (Å²) in [6.07, 6.45) is 0.931. The molecule has 7 nitrogen and oxygen atoms in total. The third kappa shape index (κ3) is 6.22. The number of benzene rings is 2. The molecule has 3 rings (SSSR count). The van der Waals surface area contributed by atoms with E-state index in [0.717, 1.165) is 17.7 Å². The highest BCUT2D eigenvalue weighted by Crippen LogP contribution is 2.23. The molecule has 0 bridgehead atoms.